The molecule has 2 saturated carbocycles. The van der Waals surface area contributed by atoms with Crippen LogP contribution in [0.1, 0.15) is 47.8 Å². The van der Waals surface area contributed by atoms with Gasteiger partial charge >= 0.3 is 12.4 Å². The maximum absolute atomic E-state index is 13.4. The minimum absolute atomic E-state index is 0.0218. The number of nitrogens with two attached hydrogens (primary N) is 1. The molecule has 1 spiro atoms. The van der Waals surface area contributed by atoms with E-state index in [4.69, 9.17) is 5.73 Å². The van der Waals surface area contributed by atoms with Crippen LogP contribution in [-0.2, 0) is 25.2 Å². The number of hydrogen-bond acceptors (Lipinski definition) is 5. The zero-order chi connectivity index (χ0) is 27.5. The molecule has 5 nitrogen and oxygen atoms in total. The summed E-state index contributed by atoms with van der Waals surface area (Å²) in [4.78, 5) is 13.0. The van der Waals surface area contributed by atoms with Gasteiger partial charge in [0.15, 0.2) is 0 Å². The van der Waals surface area contributed by atoms with Crippen molar-refractivity contribution in [3.8, 4) is 0 Å². The summed E-state index contributed by atoms with van der Waals surface area (Å²) in [5, 5.41) is 3.54. The van der Waals surface area contributed by atoms with Gasteiger partial charge in [-0.3, -0.25) is 4.99 Å². The Labute approximate surface area is 216 Å². The van der Waals surface area contributed by atoms with Gasteiger partial charge in [0, 0.05) is 62.0 Å². The lowest BCUT2D eigenvalue weighted by atomic mass is 9.76. The van der Waals surface area contributed by atoms with Crippen molar-refractivity contribution in [2.75, 3.05) is 13.6 Å². The minimum Gasteiger partial charge on any atom is -0.404 e. The number of nitrogens with one attached hydrogen (secondary N) is 1. The summed E-state index contributed by atoms with van der Waals surface area (Å²) >= 11 is 0. The van der Waals surface area contributed by atoms with Crippen LogP contribution in [0.5, 0.6) is 0 Å². The van der Waals surface area contributed by atoms with Crippen molar-refractivity contribution in [3.63, 3.8) is 0 Å². The first kappa shape index (κ1) is 26.6. The molecule has 2 heterocycles. The van der Waals surface area contributed by atoms with Crippen LogP contribution in [0.4, 0.5) is 26.3 Å². The van der Waals surface area contributed by atoms with Crippen molar-refractivity contribution in [1.82, 2.24) is 15.3 Å². The topological polar surface area (TPSA) is 76.2 Å². The fourth-order valence-corrected chi connectivity index (χ4v) is 7.02. The molecule has 0 radical (unpaired) electrons. The summed E-state index contributed by atoms with van der Waals surface area (Å²) in [6.07, 6.45) is -0.833. The van der Waals surface area contributed by atoms with Crippen LogP contribution in [0.2, 0.25) is 0 Å². The van der Waals surface area contributed by atoms with E-state index in [1.165, 1.54) is 6.20 Å². The van der Waals surface area contributed by atoms with Gasteiger partial charge in [-0.2, -0.15) is 26.3 Å². The summed E-state index contributed by atoms with van der Waals surface area (Å²) < 4.78 is 80.5. The zero-order valence-corrected chi connectivity index (χ0v) is 21.0. The average Bonchev–Trinajstić information content (AvgIpc) is 3.56. The molecule has 5 rings (SSSR count). The highest BCUT2D eigenvalue weighted by Gasteiger charge is 2.93. The Kier molecular flexibility index (Phi) is 6.36. The third kappa shape index (κ3) is 4.28. The van der Waals surface area contributed by atoms with Gasteiger partial charge in [0.05, 0.1) is 11.1 Å². The Hall–Kier alpha value is -2.95. The Morgan fingerprint density at radius 3 is 2.24 bits per heavy atom. The van der Waals surface area contributed by atoms with E-state index in [1.807, 2.05) is 0 Å². The second-order valence-electron chi connectivity index (χ2n) is 10.7. The lowest BCUT2D eigenvalue weighted by molar-refractivity contribution is -0.143. The van der Waals surface area contributed by atoms with E-state index in [0.29, 0.717) is 29.4 Å². The number of allylic oxidation sites excluding steroid dienone is 1. The molecule has 11 heteroatoms. The number of alkyl halides is 6. The highest BCUT2D eigenvalue weighted by atomic mass is 19.4. The van der Waals surface area contributed by atoms with E-state index >= 15 is 0 Å². The molecule has 1 aromatic heterocycles. The van der Waals surface area contributed by atoms with Gasteiger partial charge in [0.2, 0.25) is 0 Å². The van der Waals surface area contributed by atoms with Crippen molar-refractivity contribution < 1.29 is 26.3 Å². The SMILES string of the molecule is CC[C@@H]1CC2(CN1)C1C(Cc3cc(C(F)(F)F)cc(C(F)(F)F)c3)C12Cc1ncc(C(C=NC)=CN)cn1. The van der Waals surface area contributed by atoms with Crippen molar-refractivity contribution in [2.24, 2.45) is 33.4 Å². The van der Waals surface area contributed by atoms with E-state index in [1.54, 1.807) is 25.7 Å². The van der Waals surface area contributed by atoms with Crippen LogP contribution in [0, 0.1) is 22.7 Å². The molecule has 1 saturated heterocycles. The Bertz CT molecular complexity index is 1240. The molecule has 0 bridgehead atoms. The molecular formula is C27H29F6N5. The molecule has 3 aliphatic rings. The molecular weight excluding hydrogens is 508 g/mol. The number of rotatable bonds is 7. The minimum atomic E-state index is -4.86. The molecule has 3 fully saturated rings. The predicted molar refractivity (Wildman–Crippen MR) is 131 cm³/mol. The Morgan fingerprint density at radius 1 is 1.11 bits per heavy atom. The van der Waals surface area contributed by atoms with Gasteiger partial charge in [-0.15, -0.1) is 0 Å². The number of hydrogen-bond donors (Lipinski definition) is 2. The van der Waals surface area contributed by atoms with Gasteiger partial charge in [0.25, 0.3) is 0 Å². The largest absolute Gasteiger partial charge is 0.416 e. The summed E-state index contributed by atoms with van der Waals surface area (Å²) in [5.74, 6) is 0.778. The average molecular weight is 538 g/mol. The first-order valence-electron chi connectivity index (χ1n) is 12.6. The molecule has 1 aromatic carbocycles. The second kappa shape index (κ2) is 9.07. The highest BCUT2D eigenvalue weighted by molar-refractivity contribution is 6.09. The standard InChI is InChI=1S/C27H29F6N5/c1-3-20-8-24(14-38-20)23-21(6-15-4-18(26(28,29)30)7-19(5-15)27(31,32)33)25(23,24)9-22-36-12-17(13-37-22)16(10-34)11-35-2/h4-5,7,10-13,20-21,23,38H,3,6,8-9,14,34H2,1-2H3/t20-,21?,23?,24?,25?/m1/s1. The normalized spacial score (nSPS) is 30.7. The summed E-state index contributed by atoms with van der Waals surface area (Å²) in [6, 6.07) is 2.25. The van der Waals surface area contributed by atoms with Crippen LogP contribution in [0.3, 0.4) is 0 Å². The van der Waals surface area contributed by atoms with Gasteiger partial charge < -0.3 is 11.1 Å². The Balaban J connectivity index is 1.42. The van der Waals surface area contributed by atoms with E-state index in [2.05, 4.69) is 27.2 Å². The van der Waals surface area contributed by atoms with E-state index in [-0.39, 0.29) is 40.7 Å². The number of aromatic nitrogens is 2. The number of nitrogens with zero attached hydrogens (tertiary/aromatic N) is 3. The van der Waals surface area contributed by atoms with Crippen LogP contribution in [0.25, 0.3) is 5.57 Å². The number of aliphatic imine (C=N–C) groups is 1. The molecule has 1 aliphatic heterocycles. The summed E-state index contributed by atoms with van der Waals surface area (Å²) in [5.41, 5.74) is 4.28. The second-order valence-corrected chi connectivity index (χ2v) is 10.7. The first-order chi connectivity index (χ1) is 17.9. The predicted octanol–water partition coefficient (Wildman–Crippen LogP) is 5.30. The molecule has 38 heavy (non-hydrogen) atoms. The van der Waals surface area contributed by atoms with Crippen molar-refractivity contribution in [1.29, 1.82) is 0 Å². The first-order valence-corrected chi connectivity index (χ1v) is 12.6. The lowest BCUT2D eigenvalue weighted by Crippen LogP contribution is -2.29. The fourth-order valence-electron chi connectivity index (χ4n) is 7.02. The third-order valence-corrected chi connectivity index (χ3v) is 8.80. The van der Waals surface area contributed by atoms with E-state index < -0.39 is 23.5 Å². The van der Waals surface area contributed by atoms with Crippen molar-refractivity contribution >= 4 is 11.8 Å². The van der Waals surface area contributed by atoms with Crippen molar-refractivity contribution in [3.05, 3.63) is 64.9 Å². The third-order valence-electron chi connectivity index (χ3n) is 8.80. The van der Waals surface area contributed by atoms with Crippen LogP contribution in [-0.4, -0.2) is 35.8 Å². The van der Waals surface area contributed by atoms with Gasteiger partial charge in [-0.25, -0.2) is 9.97 Å². The zero-order valence-electron chi connectivity index (χ0n) is 21.0. The number of fused-ring (bicyclic) bond motifs is 3. The van der Waals surface area contributed by atoms with Crippen LogP contribution < -0.4 is 11.1 Å². The monoisotopic (exact) mass is 537 g/mol. The van der Waals surface area contributed by atoms with E-state index in [0.717, 1.165) is 31.5 Å². The van der Waals surface area contributed by atoms with Crippen LogP contribution in [0.15, 0.2) is 41.8 Å². The quantitative estimate of drug-likeness (QED) is 0.371. The Morgan fingerprint density at radius 2 is 1.74 bits per heavy atom. The van der Waals surface area contributed by atoms with Gasteiger partial charge in [0.1, 0.15) is 5.82 Å². The van der Waals surface area contributed by atoms with Crippen molar-refractivity contribution in [2.45, 2.75) is 51.0 Å². The molecule has 3 N–H and O–H groups in total. The maximum atomic E-state index is 13.4. The number of benzene rings is 1. The number of halogens is 6. The molecule has 4 unspecified atom stereocenters. The van der Waals surface area contributed by atoms with E-state index in [9.17, 15) is 26.3 Å². The smallest absolute Gasteiger partial charge is 0.404 e. The van der Waals surface area contributed by atoms with Gasteiger partial charge in [-0.05, 0) is 65.7 Å². The molecule has 204 valence electrons. The fraction of sp³-hybridized carbons (Fsp3) is 0.519. The highest BCUT2D eigenvalue weighted by Crippen LogP contribution is 2.94. The molecule has 5 atom stereocenters. The summed E-state index contributed by atoms with van der Waals surface area (Å²) in [7, 11) is 1.62. The molecule has 2 aromatic rings. The van der Waals surface area contributed by atoms with Crippen LogP contribution >= 0.6 is 0 Å². The maximum Gasteiger partial charge on any atom is 0.416 e. The van der Waals surface area contributed by atoms with Gasteiger partial charge in [-0.1, -0.05) is 6.92 Å². The summed E-state index contributed by atoms with van der Waals surface area (Å²) in [6.45, 7) is 2.88. The lowest BCUT2D eigenvalue weighted by Gasteiger charge is -2.28. The molecule has 2 aliphatic carbocycles. The molecule has 0 amide bonds.